The van der Waals surface area contributed by atoms with Gasteiger partial charge in [0.05, 0.1) is 18.5 Å². The first-order valence-electron chi connectivity index (χ1n) is 6.11. The maximum absolute atomic E-state index is 5.99. The average molecular weight is 277 g/mol. The second-order valence-corrected chi connectivity index (χ2v) is 4.66. The molecule has 0 fully saturated rings. The van der Waals surface area contributed by atoms with Gasteiger partial charge in [-0.2, -0.15) is 0 Å². The van der Waals surface area contributed by atoms with Crippen LogP contribution in [0.15, 0.2) is 42.5 Å². The van der Waals surface area contributed by atoms with Crippen LogP contribution in [0.3, 0.4) is 0 Å². The van der Waals surface area contributed by atoms with Crippen molar-refractivity contribution in [3.05, 3.63) is 53.1 Å². The Balaban J connectivity index is 1.94. The van der Waals surface area contributed by atoms with E-state index < -0.39 is 0 Å². The van der Waals surface area contributed by atoms with E-state index in [2.05, 4.69) is 5.32 Å². The number of methoxy groups -OCH3 is 1. The largest absolute Gasteiger partial charge is 0.495 e. The Morgan fingerprint density at radius 1 is 1.16 bits per heavy atom. The number of para-hydroxylation sites is 1. The van der Waals surface area contributed by atoms with Crippen LogP contribution in [0.1, 0.15) is 5.56 Å². The first-order chi connectivity index (χ1) is 9.20. The molecular formula is C15H17ClN2O. The quantitative estimate of drug-likeness (QED) is 0.821. The van der Waals surface area contributed by atoms with Crippen molar-refractivity contribution in [2.75, 3.05) is 24.7 Å². The van der Waals surface area contributed by atoms with Gasteiger partial charge in [0.2, 0.25) is 0 Å². The molecule has 0 heterocycles. The molecule has 0 radical (unpaired) electrons. The van der Waals surface area contributed by atoms with Crippen molar-refractivity contribution < 1.29 is 4.74 Å². The molecule has 0 aliphatic heterocycles. The minimum absolute atomic E-state index is 0.640. The molecule has 2 rings (SSSR count). The molecule has 3 nitrogen and oxygen atoms in total. The van der Waals surface area contributed by atoms with Crippen LogP contribution in [-0.2, 0) is 6.42 Å². The van der Waals surface area contributed by atoms with Gasteiger partial charge < -0.3 is 15.8 Å². The fourth-order valence-electron chi connectivity index (χ4n) is 1.87. The van der Waals surface area contributed by atoms with Crippen LogP contribution >= 0.6 is 11.6 Å². The first-order valence-corrected chi connectivity index (χ1v) is 6.49. The predicted molar refractivity (Wildman–Crippen MR) is 81.1 cm³/mol. The van der Waals surface area contributed by atoms with Crippen LogP contribution in [0.25, 0.3) is 0 Å². The van der Waals surface area contributed by atoms with E-state index in [1.54, 1.807) is 7.11 Å². The number of hydrogen-bond acceptors (Lipinski definition) is 3. The van der Waals surface area contributed by atoms with Crippen LogP contribution < -0.4 is 15.8 Å². The van der Waals surface area contributed by atoms with Crippen molar-refractivity contribution in [3.8, 4) is 5.75 Å². The summed E-state index contributed by atoms with van der Waals surface area (Å²) in [5, 5.41) is 4.07. The Labute approximate surface area is 118 Å². The number of ether oxygens (including phenoxy) is 1. The van der Waals surface area contributed by atoms with Gasteiger partial charge in [0.25, 0.3) is 0 Å². The van der Waals surface area contributed by atoms with Crippen LogP contribution in [0.5, 0.6) is 5.75 Å². The van der Waals surface area contributed by atoms with Gasteiger partial charge in [-0.05, 0) is 36.2 Å². The topological polar surface area (TPSA) is 47.3 Å². The van der Waals surface area contributed by atoms with E-state index in [0.717, 1.165) is 23.7 Å². The van der Waals surface area contributed by atoms with Crippen molar-refractivity contribution in [3.63, 3.8) is 0 Å². The third-order valence-corrected chi connectivity index (χ3v) is 3.18. The minimum Gasteiger partial charge on any atom is -0.495 e. The Hall–Kier alpha value is -1.87. The molecule has 0 saturated carbocycles. The van der Waals surface area contributed by atoms with Crippen molar-refractivity contribution >= 4 is 23.0 Å². The van der Waals surface area contributed by atoms with Crippen LogP contribution in [0.2, 0.25) is 5.02 Å². The van der Waals surface area contributed by atoms with Crippen molar-refractivity contribution in [2.45, 2.75) is 6.42 Å². The van der Waals surface area contributed by atoms with E-state index in [-0.39, 0.29) is 0 Å². The second-order valence-electron chi connectivity index (χ2n) is 4.22. The smallest absolute Gasteiger partial charge is 0.143 e. The molecule has 0 aliphatic carbocycles. The Morgan fingerprint density at radius 3 is 2.58 bits per heavy atom. The Kier molecular flexibility index (Phi) is 4.53. The van der Waals surface area contributed by atoms with Crippen LogP contribution in [0.4, 0.5) is 11.4 Å². The monoisotopic (exact) mass is 276 g/mol. The van der Waals surface area contributed by atoms with Gasteiger partial charge in [-0.1, -0.05) is 29.8 Å². The summed E-state index contributed by atoms with van der Waals surface area (Å²) >= 11 is 5.85. The summed E-state index contributed by atoms with van der Waals surface area (Å²) in [6.45, 7) is 0.805. The highest BCUT2D eigenvalue weighted by Crippen LogP contribution is 2.28. The molecule has 0 atom stereocenters. The summed E-state index contributed by atoms with van der Waals surface area (Å²) in [6, 6.07) is 13.6. The molecule has 3 N–H and O–H groups in total. The third kappa shape index (κ3) is 3.55. The summed E-state index contributed by atoms with van der Waals surface area (Å²) in [7, 11) is 1.61. The number of anilines is 2. The summed E-state index contributed by atoms with van der Waals surface area (Å²) in [4.78, 5) is 0. The van der Waals surface area contributed by atoms with Crippen molar-refractivity contribution in [1.29, 1.82) is 0 Å². The third-order valence-electron chi connectivity index (χ3n) is 2.93. The molecule has 100 valence electrons. The lowest BCUT2D eigenvalue weighted by atomic mass is 10.1. The summed E-state index contributed by atoms with van der Waals surface area (Å²) in [5.74, 6) is 0.691. The van der Waals surface area contributed by atoms with Gasteiger partial charge in [0.15, 0.2) is 0 Å². The number of rotatable bonds is 5. The van der Waals surface area contributed by atoms with Gasteiger partial charge in [-0.25, -0.2) is 0 Å². The maximum atomic E-state index is 5.99. The lowest BCUT2D eigenvalue weighted by Gasteiger charge is -2.12. The molecule has 0 unspecified atom stereocenters. The predicted octanol–water partition coefficient (Wildman–Crippen LogP) is 3.59. The van der Waals surface area contributed by atoms with Gasteiger partial charge in [-0.3, -0.25) is 0 Å². The normalized spacial score (nSPS) is 10.2. The van der Waals surface area contributed by atoms with Gasteiger partial charge in [0.1, 0.15) is 5.75 Å². The number of hydrogen-bond donors (Lipinski definition) is 2. The van der Waals surface area contributed by atoms with E-state index >= 15 is 0 Å². The summed E-state index contributed by atoms with van der Waals surface area (Å²) in [6.07, 6.45) is 0.911. The zero-order valence-electron chi connectivity index (χ0n) is 10.8. The number of nitrogens with one attached hydrogen (secondary N) is 1. The zero-order valence-corrected chi connectivity index (χ0v) is 11.6. The molecule has 19 heavy (non-hydrogen) atoms. The van der Waals surface area contributed by atoms with Crippen LogP contribution in [-0.4, -0.2) is 13.7 Å². The van der Waals surface area contributed by atoms with Gasteiger partial charge in [0, 0.05) is 11.6 Å². The standard InChI is InChI=1S/C15H17ClN2O/c1-19-14-4-2-3-13(15(14)17)18-10-9-11-5-7-12(16)8-6-11/h2-8,18H,9-10,17H2,1H3. The highest BCUT2D eigenvalue weighted by atomic mass is 35.5. The number of nitrogen functional groups attached to an aromatic ring is 1. The molecule has 0 saturated heterocycles. The number of nitrogens with two attached hydrogens (primary N) is 1. The van der Waals surface area contributed by atoms with Gasteiger partial charge >= 0.3 is 0 Å². The van der Waals surface area contributed by atoms with E-state index in [9.17, 15) is 0 Å². The molecule has 0 spiro atoms. The van der Waals surface area contributed by atoms with Crippen molar-refractivity contribution in [1.82, 2.24) is 0 Å². The molecule has 0 aliphatic rings. The lowest BCUT2D eigenvalue weighted by Crippen LogP contribution is -2.07. The Bertz CT molecular complexity index is 540. The van der Waals surface area contributed by atoms with Crippen molar-refractivity contribution in [2.24, 2.45) is 0 Å². The summed E-state index contributed by atoms with van der Waals surface area (Å²) < 4.78 is 5.18. The van der Waals surface area contributed by atoms with E-state index in [1.807, 2.05) is 42.5 Å². The highest BCUT2D eigenvalue weighted by molar-refractivity contribution is 6.30. The van der Waals surface area contributed by atoms with Gasteiger partial charge in [-0.15, -0.1) is 0 Å². The molecule has 2 aromatic carbocycles. The molecular weight excluding hydrogens is 260 g/mol. The van der Waals surface area contributed by atoms with E-state index in [0.29, 0.717) is 11.4 Å². The fourth-order valence-corrected chi connectivity index (χ4v) is 1.99. The highest BCUT2D eigenvalue weighted by Gasteiger charge is 2.04. The fraction of sp³-hybridized carbons (Fsp3) is 0.200. The molecule has 0 bridgehead atoms. The maximum Gasteiger partial charge on any atom is 0.143 e. The number of benzene rings is 2. The minimum atomic E-state index is 0.640. The number of halogens is 1. The lowest BCUT2D eigenvalue weighted by molar-refractivity contribution is 0.417. The Morgan fingerprint density at radius 2 is 1.89 bits per heavy atom. The van der Waals surface area contributed by atoms with E-state index in [4.69, 9.17) is 22.1 Å². The zero-order chi connectivity index (χ0) is 13.7. The molecule has 2 aromatic rings. The van der Waals surface area contributed by atoms with E-state index in [1.165, 1.54) is 5.56 Å². The first kappa shape index (κ1) is 13.6. The molecule has 0 amide bonds. The van der Waals surface area contributed by atoms with Crippen LogP contribution in [0, 0.1) is 0 Å². The SMILES string of the molecule is COc1cccc(NCCc2ccc(Cl)cc2)c1N. The molecule has 0 aromatic heterocycles. The molecule has 4 heteroatoms. The second kappa shape index (κ2) is 6.34. The average Bonchev–Trinajstić information content (AvgIpc) is 2.43. The summed E-state index contributed by atoms with van der Waals surface area (Å²) in [5.41, 5.74) is 8.76.